The summed E-state index contributed by atoms with van der Waals surface area (Å²) in [4.78, 5) is 15.1. The van der Waals surface area contributed by atoms with E-state index in [1.807, 2.05) is 18.2 Å². The van der Waals surface area contributed by atoms with E-state index in [0.29, 0.717) is 6.04 Å². The lowest BCUT2D eigenvalue weighted by Crippen LogP contribution is -2.36. The van der Waals surface area contributed by atoms with E-state index in [9.17, 15) is 4.79 Å². The molecule has 0 unspecified atom stereocenters. The van der Waals surface area contributed by atoms with Gasteiger partial charge < -0.3 is 20.3 Å². The fraction of sp³-hybridized carbons (Fsp3) is 0.650. The van der Waals surface area contributed by atoms with Crippen molar-refractivity contribution in [2.24, 2.45) is 11.3 Å². The minimum Gasteiger partial charge on any atom is -0.381 e. The molecule has 2 heterocycles. The molecule has 1 spiro atoms. The third-order valence-electron chi connectivity index (χ3n) is 6.26. The summed E-state index contributed by atoms with van der Waals surface area (Å²) in [6.07, 6.45) is 5.36. The zero-order valence-electron chi connectivity index (χ0n) is 15.1. The van der Waals surface area contributed by atoms with Gasteiger partial charge in [0.15, 0.2) is 0 Å². The summed E-state index contributed by atoms with van der Waals surface area (Å²) in [7, 11) is 2.17. The second kappa shape index (κ2) is 6.96. The largest absolute Gasteiger partial charge is 0.381 e. The number of anilines is 2. The van der Waals surface area contributed by atoms with Crippen molar-refractivity contribution in [3.05, 3.63) is 24.3 Å². The van der Waals surface area contributed by atoms with E-state index in [-0.39, 0.29) is 17.2 Å². The summed E-state index contributed by atoms with van der Waals surface area (Å²) in [5, 5.41) is 6.83. The highest BCUT2D eigenvalue weighted by Crippen LogP contribution is 2.59. The molecule has 25 heavy (non-hydrogen) atoms. The Hall–Kier alpha value is -1.59. The van der Waals surface area contributed by atoms with Gasteiger partial charge >= 0.3 is 0 Å². The standard InChI is InChI=1S/C20H29N3O2/c1-23-10-6-15(7-11-23)21-17-4-2-3-5-18(17)22-19(24)16-14-20(16)8-12-25-13-9-20/h2-5,15-16,21H,6-14H2,1H3,(H,22,24)/t16-/m1/s1. The van der Waals surface area contributed by atoms with E-state index >= 15 is 0 Å². The van der Waals surface area contributed by atoms with Crippen molar-refractivity contribution in [1.29, 1.82) is 0 Å². The predicted octanol–water partition coefficient (Wildman–Crippen LogP) is 2.95. The zero-order chi connectivity index (χ0) is 17.3. The van der Waals surface area contributed by atoms with Crippen molar-refractivity contribution in [3.8, 4) is 0 Å². The minimum absolute atomic E-state index is 0.160. The Morgan fingerprint density at radius 2 is 1.84 bits per heavy atom. The summed E-state index contributed by atoms with van der Waals surface area (Å²) in [5.41, 5.74) is 2.19. The number of hydrogen-bond acceptors (Lipinski definition) is 4. The van der Waals surface area contributed by atoms with Crippen molar-refractivity contribution in [2.75, 3.05) is 44.0 Å². The van der Waals surface area contributed by atoms with Gasteiger partial charge in [0.25, 0.3) is 0 Å². The number of likely N-dealkylation sites (tertiary alicyclic amines) is 1. The third-order valence-corrected chi connectivity index (χ3v) is 6.26. The van der Waals surface area contributed by atoms with Crippen molar-refractivity contribution in [1.82, 2.24) is 4.90 Å². The Bertz CT molecular complexity index is 619. The number of rotatable bonds is 4. The first-order valence-electron chi connectivity index (χ1n) is 9.59. The van der Waals surface area contributed by atoms with Crippen LogP contribution in [0.5, 0.6) is 0 Å². The first-order chi connectivity index (χ1) is 12.2. The Morgan fingerprint density at radius 3 is 2.56 bits per heavy atom. The normalized spacial score (nSPS) is 26.4. The summed E-state index contributed by atoms with van der Waals surface area (Å²) in [6, 6.07) is 8.59. The Balaban J connectivity index is 1.38. The number of carbonyl (C=O) groups excluding carboxylic acids is 1. The summed E-state index contributed by atoms with van der Waals surface area (Å²) in [6.45, 7) is 3.85. The lowest BCUT2D eigenvalue weighted by Gasteiger charge is -2.30. The van der Waals surface area contributed by atoms with E-state index in [4.69, 9.17) is 4.74 Å². The molecule has 2 N–H and O–H groups in total. The van der Waals surface area contributed by atoms with Gasteiger partial charge in [0, 0.05) is 25.2 Å². The zero-order valence-corrected chi connectivity index (χ0v) is 15.1. The summed E-state index contributed by atoms with van der Waals surface area (Å²) in [5.74, 6) is 0.340. The van der Waals surface area contributed by atoms with Gasteiger partial charge in [-0.3, -0.25) is 4.79 Å². The van der Waals surface area contributed by atoms with Crippen molar-refractivity contribution in [3.63, 3.8) is 0 Å². The molecule has 2 aliphatic heterocycles. The molecule has 1 aromatic rings. The van der Waals surface area contributed by atoms with Crippen LogP contribution in [0.25, 0.3) is 0 Å². The van der Waals surface area contributed by atoms with Crippen LogP contribution in [0.1, 0.15) is 32.1 Å². The molecule has 0 radical (unpaired) electrons. The number of ether oxygens (including phenoxy) is 1. The second-order valence-electron chi connectivity index (χ2n) is 7.99. The van der Waals surface area contributed by atoms with Crippen LogP contribution in [0.4, 0.5) is 11.4 Å². The third kappa shape index (κ3) is 3.67. The van der Waals surface area contributed by atoms with Gasteiger partial charge in [-0.15, -0.1) is 0 Å². The van der Waals surface area contributed by atoms with Gasteiger partial charge in [-0.05, 0) is 69.8 Å². The van der Waals surface area contributed by atoms with Gasteiger partial charge in [0.2, 0.25) is 5.91 Å². The smallest absolute Gasteiger partial charge is 0.228 e. The van der Waals surface area contributed by atoms with E-state index in [1.165, 1.54) is 0 Å². The number of amides is 1. The molecule has 0 aromatic heterocycles. The van der Waals surface area contributed by atoms with E-state index in [2.05, 4.69) is 28.6 Å². The molecule has 5 heteroatoms. The van der Waals surface area contributed by atoms with Gasteiger partial charge in [-0.2, -0.15) is 0 Å². The number of piperidine rings is 1. The van der Waals surface area contributed by atoms with E-state index in [0.717, 1.165) is 69.8 Å². The highest BCUT2D eigenvalue weighted by Gasteiger charge is 2.58. The number of nitrogens with one attached hydrogen (secondary N) is 2. The van der Waals surface area contributed by atoms with E-state index in [1.54, 1.807) is 0 Å². The number of carbonyl (C=O) groups is 1. The molecule has 1 saturated carbocycles. The number of benzene rings is 1. The molecule has 0 bridgehead atoms. The predicted molar refractivity (Wildman–Crippen MR) is 99.8 cm³/mol. The molecule has 3 fully saturated rings. The Kier molecular flexibility index (Phi) is 4.69. The fourth-order valence-corrected chi connectivity index (χ4v) is 4.36. The lowest BCUT2D eigenvalue weighted by molar-refractivity contribution is -0.118. The average molecular weight is 343 g/mol. The van der Waals surface area contributed by atoms with Crippen LogP contribution in [0, 0.1) is 11.3 Å². The topological polar surface area (TPSA) is 53.6 Å². The molecule has 3 aliphatic rings. The molecular weight excluding hydrogens is 314 g/mol. The molecular formula is C20H29N3O2. The fourth-order valence-electron chi connectivity index (χ4n) is 4.36. The maximum Gasteiger partial charge on any atom is 0.228 e. The first kappa shape index (κ1) is 16.9. The minimum atomic E-state index is 0.160. The van der Waals surface area contributed by atoms with Crippen molar-refractivity contribution in [2.45, 2.75) is 38.1 Å². The Labute approximate surface area is 150 Å². The van der Waals surface area contributed by atoms with Crippen LogP contribution in [-0.2, 0) is 9.53 Å². The molecule has 136 valence electrons. The van der Waals surface area contributed by atoms with Crippen LogP contribution in [-0.4, -0.2) is 50.2 Å². The van der Waals surface area contributed by atoms with Gasteiger partial charge in [0.05, 0.1) is 11.4 Å². The SMILES string of the molecule is CN1CCC(Nc2ccccc2NC(=O)[C@H]2CC23CCOCC3)CC1. The highest BCUT2D eigenvalue weighted by atomic mass is 16.5. The molecule has 5 nitrogen and oxygen atoms in total. The van der Waals surface area contributed by atoms with Crippen LogP contribution in [0.2, 0.25) is 0 Å². The molecule has 2 saturated heterocycles. The van der Waals surface area contributed by atoms with Crippen LogP contribution < -0.4 is 10.6 Å². The molecule has 1 atom stereocenters. The molecule has 1 aromatic carbocycles. The van der Waals surface area contributed by atoms with Crippen LogP contribution in [0.3, 0.4) is 0 Å². The van der Waals surface area contributed by atoms with E-state index < -0.39 is 0 Å². The molecule has 1 amide bonds. The monoisotopic (exact) mass is 343 g/mol. The van der Waals surface area contributed by atoms with Crippen LogP contribution >= 0.6 is 0 Å². The molecule has 1 aliphatic carbocycles. The summed E-state index contributed by atoms with van der Waals surface area (Å²) >= 11 is 0. The van der Waals surface area contributed by atoms with Gasteiger partial charge in [-0.1, -0.05) is 12.1 Å². The second-order valence-corrected chi connectivity index (χ2v) is 7.99. The summed E-state index contributed by atoms with van der Waals surface area (Å²) < 4.78 is 5.46. The van der Waals surface area contributed by atoms with Gasteiger partial charge in [-0.25, -0.2) is 0 Å². The quantitative estimate of drug-likeness (QED) is 0.883. The number of hydrogen-bond donors (Lipinski definition) is 2. The molecule has 4 rings (SSSR count). The van der Waals surface area contributed by atoms with Gasteiger partial charge in [0.1, 0.15) is 0 Å². The lowest BCUT2D eigenvalue weighted by atomic mass is 9.93. The number of para-hydroxylation sites is 2. The van der Waals surface area contributed by atoms with Crippen molar-refractivity contribution >= 4 is 17.3 Å². The van der Waals surface area contributed by atoms with Crippen LogP contribution in [0.15, 0.2) is 24.3 Å². The number of nitrogens with zero attached hydrogens (tertiary/aromatic N) is 1. The highest BCUT2D eigenvalue weighted by molar-refractivity contribution is 5.97. The van der Waals surface area contributed by atoms with Crippen molar-refractivity contribution < 1.29 is 9.53 Å². The maximum absolute atomic E-state index is 12.7. The Morgan fingerprint density at radius 1 is 1.16 bits per heavy atom. The average Bonchev–Trinajstić information content (AvgIpc) is 3.32. The first-order valence-corrected chi connectivity index (χ1v) is 9.59. The maximum atomic E-state index is 12.7.